The summed E-state index contributed by atoms with van der Waals surface area (Å²) in [5.74, 6) is 0.369. The molecule has 0 spiro atoms. The first kappa shape index (κ1) is 9.01. The summed E-state index contributed by atoms with van der Waals surface area (Å²) < 4.78 is 0. The molecule has 1 nitrogen and oxygen atoms in total. The van der Waals surface area contributed by atoms with E-state index in [-0.39, 0.29) is 14.9 Å². The Labute approximate surface area is 70.7 Å². The molecule has 0 aromatic carbocycles. The number of allylic oxidation sites excluding steroid dienone is 1. The molecular formula is C9H17OSi. The first-order valence-electron chi connectivity index (χ1n) is 4.27. The zero-order chi connectivity index (χ0) is 8.43. The quantitative estimate of drug-likeness (QED) is 0.470. The molecule has 0 saturated heterocycles. The Morgan fingerprint density at radius 3 is 2.55 bits per heavy atom. The minimum absolute atomic E-state index is 0.0797. The fourth-order valence-electron chi connectivity index (χ4n) is 1.64. The molecular weight excluding hydrogens is 152 g/mol. The van der Waals surface area contributed by atoms with Crippen molar-refractivity contribution in [2.75, 3.05) is 0 Å². The maximum atomic E-state index is 9.78. The lowest BCUT2D eigenvalue weighted by atomic mass is 9.94. The van der Waals surface area contributed by atoms with E-state index in [1.54, 1.807) is 0 Å². The molecule has 1 rings (SSSR count). The second-order valence-corrected chi connectivity index (χ2v) is 6.59. The molecule has 0 aromatic rings. The number of hydrogen-bond donors (Lipinski definition) is 1. The van der Waals surface area contributed by atoms with Gasteiger partial charge in [0.15, 0.2) is 0 Å². The van der Waals surface area contributed by atoms with Crippen molar-refractivity contribution in [3.8, 4) is 0 Å². The van der Waals surface area contributed by atoms with Crippen LogP contribution in [0.4, 0.5) is 0 Å². The number of rotatable bonds is 1. The summed E-state index contributed by atoms with van der Waals surface area (Å²) in [6, 6.07) is 0. The van der Waals surface area contributed by atoms with Crippen LogP contribution in [-0.2, 0) is 0 Å². The van der Waals surface area contributed by atoms with Crippen LogP contribution in [0, 0.1) is 5.92 Å². The van der Waals surface area contributed by atoms with Crippen LogP contribution in [0.25, 0.3) is 0 Å². The fourth-order valence-corrected chi connectivity index (χ4v) is 3.23. The van der Waals surface area contributed by atoms with Crippen LogP contribution >= 0.6 is 0 Å². The normalized spacial score (nSPS) is 38.1. The molecule has 3 atom stereocenters. The van der Waals surface area contributed by atoms with Crippen LogP contribution in [0.3, 0.4) is 0 Å². The molecule has 0 saturated carbocycles. The van der Waals surface area contributed by atoms with Crippen LogP contribution in [0.5, 0.6) is 0 Å². The Morgan fingerprint density at radius 2 is 2.09 bits per heavy atom. The second kappa shape index (κ2) is 3.54. The van der Waals surface area contributed by atoms with Gasteiger partial charge < -0.3 is 5.11 Å². The zero-order valence-electron chi connectivity index (χ0n) is 7.54. The lowest BCUT2D eigenvalue weighted by Crippen LogP contribution is -2.32. The molecule has 1 aliphatic carbocycles. The minimum Gasteiger partial charge on any atom is -0.393 e. The average molecular weight is 169 g/mol. The van der Waals surface area contributed by atoms with Gasteiger partial charge in [0, 0.05) is 8.80 Å². The maximum absolute atomic E-state index is 9.78. The summed E-state index contributed by atoms with van der Waals surface area (Å²) in [6.07, 6.45) is 5.36. The Hall–Kier alpha value is -0.0831. The van der Waals surface area contributed by atoms with Gasteiger partial charge in [0.25, 0.3) is 0 Å². The van der Waals surface area contributed by atoms with Crippen molar-refractivity contribution in [2.24, 2.45) is 5.92 Å². The van der Waals surface area contributed by atoms with Crippen LogP contribution in [0.1, 0.15) is 13.3 Å². The van der Waals surface area contributed by atoms with Gasteiger partial charge >= 0.3 is 0 Å². The van der Waals surface area contributed by atoms with Crippen LogP contribution < -0.4 is 0 Å². The van der Waals surface area contributed by atoms with Gasteiger partial charge in [0.05, 0.1) is 6.10 Å². The van der Waals surface area contributed by atoms with Gasteiger partial charge in [-0.15, -0.1) is 0 Å². The molecule has 0 bridgehead atoms. The van der Waals surface area contributed by atoms with E-state index in [0.717, 1.165) is 6.42 Å². The fraction of sp³-hybridized carbons (Fsp3) is 0.778. The van der Waals surface area contributed by atoms with E-state index in [2.05, 4.69) is 32.2 Å². The predicted octanol–water partition coefficient (Wildman–Crippen LogP) is 2.07. The molecule has 11 heavy (non-hydrogen) atoms. The highest BCUT2D eigenvalue weighted by atomic mass is 28.3. The lowest BCUT2D eigenvalue weighted by Gasteiger charge is -2.30. The zero-order valence-corrected chi connectivity index (χ0v) is 8.54. The van der Waals surface area contributed by atoms with Crippen LogP contribution in [0.15, 0.2) is 12.2 Å². The third kappa shape index (κ3) is 1.94. The highest BCUT2D eigenvalue weighted by Crippen LogP contribution is 2.30. The SMILES string of the molecule is C[C@H]1C=CCC([Si](C)C)[C@H]1O. The third-order valence-corrected chi connectivity index (χ3v) is 4.58. The molecule has 0 amide bonds. The Kier molecular flexibility index (Phi) is 2.90. The first-order valence-corrected chi connectivity index (χ1v) is 6.85. The van der Waals surface area contributed by atoms with Gasteiger partial charge in [0.2, 0.25) is 0 Å². The van der Waals surface area contributed by atoms with E-state index in [0.29, 0.717) is 11.5 Å². The maximum Gasteiger partial charge on any atom is 0.0605 e. The Bertz CT molecular complexity index is 154. The van der Waals surface area contributed by atoms with E-state index in [1.165, 1.54) is 0 Å². The molecule has 0 aromatic heterocycles. The monoisotopic (exact) mass is 169 g/mol. The van der Waals surface area contributed by atoms with E-state index in [1.807, 2.05) is 0 Å². The van der Waals surface area contributed by atoms with Crippen molar-refractivity contribution < 1.29 is 5.11 Å². The Balaban J connectivity index is 2.62. The topological polar surface area (TPSA) is 20.2 Å². The standard InChI is InChI=1S/C9H17OSi/c1-7-5-4-6-8(9(7)10)11(2)3/h4-5,7-10H,6H2,1-3H3/t7-,8?,9-/m0/s1. The summed E-state index contributed by atoms with van der Waals surface area (Å²) in [5.41, 5.74) is 0.569. The molecule has 0 fully saturated rings. The van der Waals surface area contributed by atoms with E-state index in [4.69, 9.17) is 0 Å². The summed E-state index contributed by atoms with van der Waals surface area (Å²) in [6.45, 7) is 6.66. The molecule has 1 N–H and O–H groups in total. The van der Waals surface area contributed by atoms with E-state index in [9.17, 15) is 5.11 Å². The second-order valence-electron chi connectivity index (χ2n) is 3.70. The lowest BCUT2D eigenvalue weighted by molar-refractivity contribution is 0.123. The van der Waals surface area contributed by atoms with E-state index < -0.39 is 0 Å². The first-order chi connectivity index (χ1) is 5.13. The average Bonchev–Trinajstić information content (AvgIpc) is 1.94. The summed E-state index contributed by atoms with van der Waals surface area (Å²) in [5, 5.41) is 9.78. The number of aliphatic hydroxyl groups excluding tert-OH is 1. The molecule has 0 aliphatic heterocycles. The third-order valence-electron chi connectivity index (χ3n) is 2.52. The molecule has 1 aliphatic rings. The minimum atomic E-state index is -0.318. The smallest absolute Gasteiger partial charge is 0.0605 e. The molecule has 2 heteroatoms. The summed E-state index contributed by atoms with van der Waals surface area (Å²) >= 11 is 0. The van der Waals surface area contributed by atoms with Crippen molar-refractivity contribution in [1.29, 1.82) is 0 Å². The summed E-state index contributed by atoms with van der Waals surface area (Å²) in [4.78, 5) is 0. The van der Waals surface area contributed by atoms with Gasteiger partial charge in [-0.1, -0.05) is 32.2 Å². The highest BCUT2D eigenvalue weighted by Gasteiger charge is 2.28. The highest BCUT2D eigenvalue weighted by molar-refractivity contribution is 6.57. The molecule has 0 heterocycles. The largest absolute Gasteiger partial charge is 0.393 e. The van der Waals surface area contributed by atoms with Crippen molar-refractivity contribution in [3.05, 3.63) is 12.2 Å². The van der Waals surface area contributed by atoms with E-state index >= 15 is 0 Å². The van der Waals surface area contributed by atoms with Gasteiger partial charge in [0.1, 0.15) is 0 Å². The summed E-state index contributed by atoms with van der Waals surface area (Å²) in [7, 11) is -0.318. The number of hydrogen-bond acceptors (Lipinski definition) is 1. The van der Waals surface area contributed by atoms with Crippen molar-refractivity contribution in [2.45, 2.75) is 38.1 Å². The van der Waals surface area contributed by atoms with Gasteiger partial charge in [-0.25, -0.2) is 0 Å². The van der Waals surface area contributed by atoms with Crippen molar-refractivity contribution in [3.63, 3.8) is 0 Å². The molecule has 63 valence electrons. The van der Waals surface area contributed by atoms with Crippen LogP contribution in [-0.4, -0.2) is 20.0 Å². The van der Waals surface area contributed by atoms with Gasteiger partial charge in [-0.3, -0.25) is 0 Å². The van der Waals surface area contributed by atoms with Crippen molar-refractivity contribution >= 4 is 8.80 Å². The molecule has 1 radical (unpaired) electrons. The molecule has 1 unspecified atom stereocenters. The number of aliphatic hydroxyl groups is 1. The van der Waals surface area contributed by atoms with Crippen LogP contribution in [0.2, 0.25) is 18.6 Å². The van der Waals surface area contributed by atoms with Gasteiger partial charge in [-0.05, 0) is 17.9 Å². The van der Waals surface area contributed by atoms with Gasteiger partial charge in [-0.2, -0.15) is 0 Å². The Morgan fingerprint density at radius 1 is 1.45 bits per heavy atom. The van der Waals surface area contributed by atoms with Crippen molar-refractivity contribution in [1.82, 2.24) is 0 Å². The predicted molar refractivity (Wildman–Crippen MR) is 50.2 cm³/mol.